The molecule has 2 fully saturated rings. The van der Waals surface area contributed by atoms with Gasteiger partial charge in [0.15, 0.2) is 0 Å². The molecule has 0 bridgehead atoms. The molecule has 2 aliphatic rings. The summed E-state index contributed by atoms with van der Waals surface area (Å²) in [4.78, 5) is 0. The molecular weight excluding hydrogens is 262 g/mol. The molecule has 2 N–H and O–H groups in total. The van der Waals surface area contributed by atoms with Crippen molar-refractivity contribution in [3.8, 4) is 0 Å². The topological polar surface area (TPSA) is 41.5 Å². The van der Waals surface area contributed by atoms with Gasteiger partial charge in [0.05, 0.1) is 23.9 Å². The first kappa shape index (κ1) is 15.0. The third kappa shape index (κ3) is 3.15. The van der Waals surface area contributed by atoms with Gasteiger partial charge in [-0.1, -0.05) is 43.2 Å². The Kier molecular flexibility index (Phi) is 4.34. The third-order valence-corrected chi connectivity index (χ3v) is 5.30. The fourth-order valence-electron chi connectivity index (χ4n) is 3.82. The number of hydrogen-bond donors (Lipinski definition) is 2. The minimum atomic E-state index is -0.393. The number of nitrogens with one attached hydrogen (secondary N) is 1. The lowest BCUT2D eigenvalue weighted by atomic mass is 9.92. The van der Waals surface area contributed by atoms with Crippen LogP contribution in [0.5, 0.6) is 0 Å². The van der Waals surface area contributed by atoms with Gasteiger partial charge in [-0.25, -0.2) is 0 Å². The van der Waals surface area contributed by atoms with Crippen molar-refractivity contribution in [2.24, 2.45) is 0 Å². The quantitative estimate of drug-likeness (QED) is 0.875. The fourth-order valence-corrected chi connectivity index (χ4v) is 3.82. The Labute approximate surface area is 127 Å². The van der Waals surface area contributed by atoms with Crippen LogP contribution in [0.3, 0.4) is 0 Å². The van der Waals surface area contributed by atoms with E-state index in [9.17, 15) is 5.11 Å². The van der Waals surface area contributed by atoms with Gasteiger partial charge >= 0.3 is 0 Å². The van der Waals surface area contributed by atoms with Crippen LogP contribution in [0, 0.1) is 0 Å². The van der Waals surface area contributed by atoms with E-state index >= 15 is 0 Å². The zero-order valence-electron chi connectivity index (χ0n) is 13.0. The van der Waals surface area contributed by atoms with E-state index in [1.165, 1.54) is 32.1 Å². The number of aliphatic hydroxyl groups excluding tert-OH is 1. The molecule has 3 rings (SSSR count). The molecule has 116 valence electrons. The van der Waals surface area contributed by atoms with Crippen molar-refractivity contribution in [2.75, 3.05) is 13.2 Å². The summed E-state index contributed by atoms with van der Waals surface area (Å²) in [6, 6.07) is 10.2. The average Bonchev–Trinajstić information content (AvgIpc) is 3.16. The molecule has 1 saturated heterocycles. The Morgan fingerprint density at radius 3 is 2.62 bits per heavy atom. The molecule has 1 aromatic rings. The molecule has 0 aromatic heterocycles. The predicted molar refractivity (Wildman–Crippen MR) is 84.2 cm³/mol. The van der Waals surface area contributed by atoms with Gasteiger partial charge in [0.25, 0.3) is 0 Å². The molecule has 1 aliphatic heterocycles. The SMILES string of the molecule is CC(CO)(NCC1CCC2(CCCC2)O1)c1ccccc1. The molecule has 1 heterocycles. The molecule has 1 aliphatic carbocycles. The predicted octanol–water partition coefficient (Wildman–Crippen LogP) is 2.98. The summed E-state index contributed by atoms with van der Waals surface area (Å²) >= 11 is 0. The van der Waals surface area contributed by atoms with Gasteiger partial charge in [-0.15, -0.1) is 0 Å². The molecule has 3 heteroatoms. The number of ether oxygens (including phenoxy) is 1. The van der Waals surface area contributed by atoms with Gasteiger partial charge in [0.2, 0.25) is 0 Å². The highest BCUT2D eigenvalue weighted by Crippen LogP contribution is 2.43. The maximum absolute atomic E-state index is 9.81. The molecular formula is C18H27NO2. The van der Waals surface area contributed by atoms with Crippen molar-refractivity contribution in [2.45, 2.75) is 62.7 Å². The summed E-state index contributed by atoms with van der Waals surface area (Å²) in [7, 11) is 0. The lowest BCUT2D eigenvalue weighted by Gasteiger charge is -2.31. The summed E-state index contributed by atoms with van der Waals surface area (Å²) in [5.41, 5.74) is 0.922. The van der Waals surface area contributed by atoms with Crippen molar-refractivity contribution in [1.82, 2.24) is 5.32 Å². The van der Waals surface area contributed by atoms with E-state index in [2.05, 4.69) is 24.4 Å². The first-order valence-corrected chi connectivity index (χ1v) is 8.25. The van der Waals surface area contributed by atoms with E-state index in [0.29, 0.717) is 0 Å². The smallest absolute Gasteiger partial charge is 0.0708 e. The number of hydrogen-bond acceptors (Lipinski definition) is 3. The highest BCUT2D eigenvalue weighted by Gasteiger charge is 2.42. The lowest BCUT2D eigenvalue weighted by molar-refractivity contribution is -0.0384. The second kappa shape index (κ2) is 6.07. The van der Waals surface area contributed by atoms with Gasteiger partial charge < -0.3 is 15.2 Å². The van der Waals surface area contributed by atoms with E-state index in [1.54, 1.807) is 0 Å². The summed E-state index contributed by atoms with van der Waals surface area (Å²) < 4.78 is 6.34. The van der Waals surface area contributed by atoms with E-state index < -0.39 is 5.54 Å². The number of aliphatic hydroxyl groups is 1. The summed E-state index contributed by atoms with van der Waals surface area (Å²) in [6.45, 7) is 2.96. The second-order valence-electron chi connectivity index (χ2n) is 6.91. The van der Waals surface area contributed by atoms with Crippen LogP contribution in [0.2, 0.25) is 0 Å². The van der Waals surface area contributed by atoms with Crippen LogP contribution in [-0.4, -0.2) is 30.0 Å². The highest BCUT2D eigenvalue weighted by atomic mass is 16.5. The van der Waals surface area contributed by atoms with Crippen LogP contribution in [0.25, 0.3) is 0 Å². The summed E-state index contributed by atoms with van der Waals surface area (Å²) in [5.74, 6) is 0. The van der Waals surface area contributed by atoms with Crippen molar-refractivity contribution < 1.29 is 9.84 Å². The molecule has 2 unspecified atom stereocenters. The fraction of sp³-hybridized carbons (Fsp3) is 0.667. The zero-order chi connectivity index (χ0) is 14.8. The van der Waals surface area contributed by atoms with Crippen LogP contribution >= 0.6 is 0 Å². The van der Waals surface area contributed by atoms with Crippen molar-refractivity contribution in [3.63, 3.8) is 0 Å². The number of benzene rings is 1. The first-order chi connectivity index (χ1) is 10.2. The van der Waals surface area contributed by atoms with Crippen LogP contribution in [0.15, 0.2) is 30.3 Å². The largest absolute Gasteiger partial charge is 0.394 e. The molecule has 0 amide bonds. The van der Waals surface area contributed by atoms with Gasteiger partial charge in [0, 0.05) is 6.54 Å². The number of rotatable bonds is 5. The Balaban J connectivity index is 1.59. The van der Waals surface area contributed by atoms with E-state index in [0.717, 1.165) is 18.5 Å². The van der Waals surface area contributed by atoms with E-state index in [4.69, 9.17) is 4.74 Å². The first-order valence-electron chi connectivity index (χ1n) is 8.25. The van der Waals surface area contributed by atoms with Gasteiger partial charge in [-0.3, -0.25) is 0 Å². The molecule has 21 heavy (non-hydrogen) atoms. The van der Waals surface area contributed by atoms with Crippen LogP contribution in [0.4, 0.5) is 0 Å². The van der Waals surface area contributed by atoms with Crippen molar-refractivity contribution in [1.29, 1.82) is 0 Å². The van der Waals surface area contributed by atoms with Crippen LogP contribution in [-0.2, 0) is 10.3 Å². The van der Waals surface area contributed by atoms with Gasteiger partial charge in [-0.05, 0) is 38.2 Å². The Bertz CT molecular complexity index is 456. The standard InChI is InChI=1S/C18H27NO2/c1-17(14-20,15-7-3-2-4-8-15)19-13-16-9-12-18(21-16)10-5-6-11-18/h2-4,7-8,16,19-20H,5-6,9-14H2,1H3. The molecule has 1 saturated carbocycles. The Morgan fingerprint density at radius 1 is 1.24 bits per heavy atom. The summed E-state index contributed by atoms with van der Waals surface area (Å²) in [5, 5.41) is 13.3. The van der Waals surface area contributed by atoms with Crippen molar-refractivity contribution in [3.05, 3.63) is 35.9 Å². The zero-order valence-corrected chi connectivity index (χ0v) is 13.0. The Morgan fingerprint density at radius 2 is 1.95 bits per heavy atom. The molecule has 0 radical (unpaired) electrons. The lowest BCUT2D eigenvalue weighted by Crippen LogP contribution is -2.46. The van der Waals surface area contributed by atoms with Gasteiger partial charge in [0.1, 0.15) is 0 Å². The minimum Gasteiger partial charge on any atom is -0.394 e. The third-order valence-electron chi connectivity index (χ3n) is 5.30. The average molecular weight is 289 g/mol. The summed E-state index contributed by atoms with van der Waals surface area (Å²) in [6.07, 6.45) is 7.75. The van der Waals surface area contributed by atoms with E-state index in [1.807, 2.05) is 18.2 Å². The Hall–Kier alpha value is -0.900. The molecule has 1 spiro atoms. The maximum Gasteiger partial charge on any atom is 0.0708 e. The van der Waals surface area contributed by atoms with Gasteiger partial charge in [-0.2, -0.15) is 0 Å². The molecule has 3 nitrogen and oxygen atoms in total. The molecule has 1 aromatic carbocycles. The van der Waals surface area contributed by atoms with Crippen LogP contribution in [0.1, 0.15) is 51.0 Å². The van der Waals surface area contributed by atoms with E-state index in [-0.39, 0.29) is 18.3 Å². The normalized spacial score (nSPS) is 27.0. The van der Waals surface area contributed by atoms with Crippen molar-refractivity contribution >= 4 is 0 Å². The van der Waals surface area contributed by atoms with Crippen LogP contribution < -0.4 is 5.32 Å². The minimum absolute atomic E-state index is 0.0921. The monoisotopic (exact) mass is 289 g/mol. The highest BCUT2D eigenvalue weighted by molar-refractivity contribution is 5.23. The second-order valence-corrected chi connectivity index (χ2v) is 6.91. The molecule has 2 atom stereocenters. The maximum atomic E-state index is 9.81.